The Kier molecular flexibility index (Phi) is 5.40. The molecule has 2 unspecified atom stereocenters. The number of benzene rings is 1. The van der Waals surface area contributed by atoms with E-state index < -0.39 is 6.10 Å². The van der Waals surface area contributed by atoms with Gasteiger partial charge in [-0.25, -0.2) is 0 Å². The van der Waals surface area contributed by atoms with Crippen molar-refractivity contribution >= 4 is 5.69 Å². The van der Waals surface area contributed by atoms with Crippen LogP contribution in [0.2, 0.25) is 0 Å². The van der Waals surface area contributed by atoms with Crippen LogP contribution in [-0.4, -0.2) is 42.9 Å². The Labute approximate surface area is 121 Å². The molecule has 112 valence electrons. The van der Waals surface area contributed by atoms with E-state index >= 15 is 0 Å². The summed E-state index contributed by atoms with van der Waals surface area (Å²) in [6.45, 7) is 4.43. The summed E-state index contributed by atoms with van der Waals surface area (Å²) < 4.78 is 5.19. The predicted octanol–water partition coefficient (Wildman–Crippen LogP) is 2.05. The Morgan fingerprint density at radius 1 is 1.45 bits per heavy atom. The first-order valence-electron chi connectivity index (χ1n) is 7.38. The molecule has 1 saturated carbocycles. The summed E-state index contributed by atoms with van der Waals surface area (Å²) >= 11 is 0. The van der Waals surface area contributed by atoms with E-state index in [9.17, 15) is 5.11 Å². The summed E-state index contributed by atoms with van der Waals surface area (Å²) in [6.07, 6.45) is 2.11. The number of aliphatic hydroxyl groups is 1. The van der Waals surface area contributed by atoms with Crippen LogP contribution in [0, 0.1) is 5.92 Å². The third-order valence-electron chi connectivity index (χ3n) is 4.17. The van der Waals surface area contributed by atoms with Gasteiger partial charge in [0.1, 0.15) is 0 Å². The highest BCUT2D eigenvalue weighted by Gasteiger charge is 2.32. The molecule has 0 saturated heterocycles. The van der Waals surface area contributed by atoms with Crippen molar-refractivity contribution in [2.75, 3.05) is 32.5 Å². The second kappa shape index (κ2) is 7.07. The van der Waals surface area contributed by atoms with Crippen LogP contribution < -0.4 is 5.73 Å². The van der Waals surface area contributed by atoms with Crippen LogP contribution in [0.1, 0.15) is 31.4 Å². The van der Waals surface area contributed by atoms with Gasteiger partial charge in [-0.2, -0.15) is 0 Å². The zero-order chi connectivity index (χ0) is 14.5. The number of nitrogen functional groups attached to an aromatic ring is 1. The van der Waals surface area contributed by atoms with Crippen LogP contribution in [0.4, 0.5) is 5.69 Å². The Hall–Kier alpha value is -1.10. The first-order valence-corrected chi connectivity index (χ1v) is 7.38. The lowest BCUT2D eigenvalue weighted by Crippen LogP contribution is -2.40. The number of nitrogens with zero attached hydrogens (tertiary/aromatic N) is 1. The van der Waals surface area contributed by atoms with Crippen molar-refractivity contribution in [3.63, 3.8) is 0 Å². The standard InChI is InChI=1S/C16H26N2O2/c1-12(13-6-7-13)18(8-9-20-2)11-16(19)14-4-3-5-15(17)10-14/h3-5,10,12-13,16,19H,6-9,11,17H2,1-2H3. The predicted molar refractivity (Wildman–Crippen MR) is 81.4 cm³/mol. The van der Waals surface area contributed by atoms with Gasteiger partial charge < -0.3 is 15.6 Å². The molecule has 0 aromatic heterocycles. The van der Waals surface area contributed by atoms with Gasteiger partial charge in [0.2, 0.25) is 0 Å². The maximum Gasteiger partial charge on any atom is 0.0917 e. The molecule has 0 radical (unpaired) electrons. The average molecular weight is 278 g/mol. The van der Waals surface area contributed by atoms with E-state index in [1.807, 2.05) is 24.3 Å². The maximum absolute atomic E-state index is 10.4. The molecule has 1 aliphatic rings. The van der Waals surface area contributed by atoms with Gasteiger partial charge in [0, 0.05) is 31.9 Å². The molecule has 0 aliphatic heterocycles. The summed E-state index contributed by atoms with van der Waals surface area (Å²) in [7, 11) is 1.72. The molecule has 0 bridgehead atoms. The van der Waals surface area contributed by atoms with E-state index in [0.29, 0.717) is 24.9 Å². The second-order valence-electron chi connectivity index (χ2n) is 5.75. The Bertz CT molecular complexity index is 421. The molecular weight excluding hydrogens is 252 g/mol. The zero-order valence-electron chi connectivity index (χ0n) is 12.5. The Balaban J connectivity index is 1.98. The number of hydrogen-bond donors (Lipinski definition) is 2. The van der Waals surface area contributed by atoms with Crippen molar-refractivity contribution in [2.24, 2.45) is 5.92 Å². The topological polar surface area (TPSA) is 58.7 Å². The number of aliphatic hydroxyl groups excluding tert-OH is 1. The van der Waals surface area contributed by atoms with Gasteiger partial charge in [0.15, 0.2) is 0 Å². The normalized spacial score (nSPS) is 18.2. The highest BCUT2D eigenvalue weighted by Crippen LogP contribution is 2.35. The van der Waals surface area contributed by atoms with Gasteiger partial charge in [0.05, 0.1) is 12.7 Å². The number of nitrogens with two attached hydrogens (primary N) is 1. The SMILES string of the molecule is COCCN(CC(O)c1cccc(N)c1)C(C)C1CC1. The van der Waals surface area contributed by atoms with Crippen LogP contribution in [0.5, 0.6) is 0 Å². The molecule has 1 aromatic carbocycles. The molecule has 1 fully saturated rings. The quantitative estimate of drug-likeness (QED) is 0.715. The van der Waals surface area contributed by atoms with Crippen molar-refractivity contribution in [3.05, 3.63) is 29.8 Å². The molecule has 1 aliphatic carbocycles. The first-order chi connectivity index (χ1) is 9.61. The van der Waals surface area contributed by atoms with Crippen LogP contribution in [0.15, 0.2) is 24.3 Å². The molecular formula is C16H26N2O2. The Morgan fingerprint density at radius 3 is 2.80 bits per heavy atom. The van der Waals surface area contributed by atoms with E-state index in [2.05, 4.69) is 11.8 Å². The Morgan fingerprint density at radius 2 is 2.20 bits per heavy atom. The van der Waals surface area contributed by atoms with E-state index in [1.165, 1.54) is 12.8 Å². The van der Waals surface area contributed by atoms with Crippen molar-refractivity contribution in [1.82, 2.24) is 4.90 Å². The number of ether oxygens (including phenoxy) is 1. The van der Waals surface area contributed by atoms with E-state index in [-0.39, 0.29) is 0 Å². The molecule has 0 spiro atoms. The first kappa shape index (κ1) is 15.3. The number of anilines is 1. The van der Waals surface area contributed by atoms with Gasteiger partial charge in [-0.15, -0.1) is 0 Å². The monoisotopic (exact) mass is 278 g/mol. The highest BCUT2D eigenvalue weighted by atomic mass is 16.5. The molecule has 3 N–H and O–H groups in total. The number of methoxy groups -OCH3 is 1. The molecule has 4 nitrogen and oxygen atoms in total. The van der Waals surface area contributed by atoms with Crippen molar-refractivity contribution in [3.8, 4) is 0 Å². The molecule has 0 heterocycles. The van der Waals surface area contributed by atoms with Crippen molar-refractivity contribution < 1.29 is 9.84 Å². The third-order valence-corrected chi connectivity index (χ3v) is 4.17. The minimum Gasteiger partial charge on any atom is -0.399 e. The summed E-state index contributed by atoms with van der Waals surface area (Å²) in [5.74, 6) is 0.778. The fraction of sp³-hybridized carbons (Fsp3) is 0.625. The van der Waals surface area contributed by atoms with Crippen LogP contribution in [0.25, 0.3) is 0 Å². The number of hydrogen-bond acceptors (Lipinski definition) is 4. The smallest absolute Gasteiger partial charge is 0.0917 e. The minimum atomic E-state index is -0.503. The van der Waals surface area contributed by atoms with E-state index in [1.54, 1.807) is 7.11 Å². The largest absolute Gasteiger partial charge is 0.399 e. The minimum absolute atomic E-state index is 0.501. The van der Waals surface area contributed by atoms with Gasteiger partial charge in [-0.3, -0.25) is 4.90 Å². The van der Waals surface area contributed by atoms with E-state index in [0.717, 1.165) is 18.0 Å². The highest BCUT2D eigenvalue weighted by molar-refractivity contribution is 5.41. The van der Waals surface area contributed by atoms with Crippen molar-refractivity contribution in [2.45, 2.75) is 31.9 Å². The average Bonchev–Trinajstić information content (AvgIpc) is 3.27. The lowest BCUT2D eigenvalue weighted by Gasteiger charge is -2.31. The van der Waals surface area contributed by atoms with Gasteiger partial charge in [0.25, 0.3) is 0 Å². The van der Waals surface area contributed by atoms with Gasteiger partial charge in [-0.05, 0) is 43.4 Å². The molecule has 2 atom stereocenters. The third kappa shape index (κ3) is 4.20. The summed E-state index contributed by atoms with van der Waals surface area (Å²) in [5, 5.41) is 10.4. The van der Waals surface area contributed by atoms with Crippen LogP contribution in [-0.2, 0) is 4.74 Å². The summed E-state index contributed by atoms with van der Waals surface area (Å²) in [5.41, 5.74) is 7.36. The van der Waals surface area contributed by atoms with E-state index in [4.69, 9.17) is 10.5 Å². The van der Waals surface area contributed by atoms with Gasteiger partial charge in [-0.1, -0.05) is 12.1 Å². The molecule has 2 rings (SSSR count). The van der Waals surface area contributed by atoms with Gasteiger partial charge >= 0.3 is 0 Å². The maximum atomic E-state index is 10.4. The lowest BCUT2D eigenvalue weighted by atomic mass is 10.1. The molecule has 4 heteroatoms. The fourth-order valence-electron chi connectivity index (χ4n) is 2.64. The second-order valence-corrected chi connectivity index (χ2v) is 5.75. The van der Waals surface area contributed by atoms with Crippen LogP contribution in [0.3, 0.4) is 0 Å². The summed E-state index contributed by atoms with van der Waals surface area (Å²) in [6, 6.07) is 8.00. The zero-order valence-corrected chi connectivity index (χ0v) is 12.5. The molecule has 0 amide bonds. The lowest BCUT2D eigenvalue weighted by molar-refractivity contribution is 0.0620. The van der Waals surface area contributed by atoms with Crippen molar-refractivity contribution in [1.29, 1.82) is 0 Å². The van der Waals surface area contributed by atoms with Crippen LogP contribution >= 0.6 is 0 Å². The fourth-order valence-corrected chi connectivity index (χ4v) is 2.64. The molecule has 20 heavy (non-hydrogen) atoms. The summed E-state index contributed by atoms with van der Waals surface area (Å²) in [4.78, 5) is 2.33. The number of rotatable bonds is 8. The molecule has 1 aromatic rings.